The molecule has 0 saturated carbocycles. The number of nitrogens with one attached hydrogen (secondary N) is 1. The Balaban J connectivity index is 1.57. The highest BCUT2D eigenvalue weighted by Crippen LogP contribution is 2.35. The van der Waals surface area contributed by atoms with Gasteiger partial charge in [0.15, 0.2) is 0 Å². The van der Waals surface area contributed by atoms with Gasteiger partial charge in [-0.15, -0.1) is 0 Å². The SMILES string of the molecule is Cc1noc2ncnc(NC[C@H]3Cc4ccccc43)c12. The summed E-state index contributed by atoms with van der Waals surface area (Å²) in [7, 11) is 0. The van der Waals surface area contributed by atoms with Crippen LogP contribution in [0.1, 0.15) is 22.7 Å². The summed E-state index contributed by atoms with van der Waals surface area (Å²) in [5.41, 5.74) is 4.24. The van der Waals surface area contributed by atoms with E-state index in [0.29, 0.717) is 11.6 Å². The highest BCUT2D eigenvalue weighted by molar-refractivity contribution is 5.87. The van der Waals surface area contributed by atoms with Gasteiger partial charge in [-0.1, -0.05) is 29.4 Å². The number of fused-ring (bicyclic) bond motifs is 2. The number of rotatable bonds is 3. The molecule has 4 rings (SSSR count). The van der Waals surface area contributed by atoms with Crippen molar-refractivity contribution in [1.29, 1.82) is 0 Å². The molecule has 3 aromatic rings. The third-order valence-corrected chi connectivity index (χ3v) is 3.92. The van der Waals surface area contributed by atoms with Gasteiger partial charge in [-0.2, -0.15) is 4.98 Å². The minimum absolute atomic E-state index is 0.536. The molecule has 1 aromatic carbocycles. The van der Waals surface area contributed by atoms with Crippen molar-refractivity contribution in [2.45, 2.75) is 19.3 Å². The molecule has 5 heteroatoms. The standard InChI is InChI=1S/C15H14N4O/c1-9-13-14(17-8-18-15(13)20-19-9)16-7-11-6-10-4-2-3-5-12(10)11/h2-5,8,11H,6-7H2,1H3,(H,16,17,18)/t11-/m1/s1. The van der Waals surface area contributed by atoms with E-state index in [1.165, 1.54) is 17.5 Å². The summed E-state index contributed by atoms with van der Waals surface area (Å²) in [4.78, 5) is 8.38. The van der Waals surface area contributed by atoms with Crippen molar-refractivity contribution < 1.29 is 4.52 Å². The Kier molecular flexibility index (Phi) is 2.45. The van der Waals surface area contributed by atoms with Gasteiger partial charge in [0.05, 0.1) is 5.69 Å². The third-order valence-electron chi connectivity index (χ3n) is 3.92. The van der Waals surface area contributed by atoms with Crippen molar-refractivity contribution in [3.05, 3.63) is 47.4 Å². The maximum Gasteiger partial charge on any atom is 0.263 e. The summed E-state index contributed by atoms with van der Waals surface area (Å²) in [5, 5.41) is 8.22. The molecule has 0 bridgehead atoms. The molecule has 5 nitrogen and oxygen atoms in total. The van der Waals surface area contributed by atoms with Crippen LogP contribution in [-0.4, -0.2) is 21.7 Å². The summed E-state index contributed by atoms with van der Waals surface area (Å²) < 4.78 is 5.15. The lowest BCUT2D eigenvalue weighted by atomic mass is 9.77. The Morgan fingerprint density at radius 1 is 1.30 bits per heavy atom. The van der Waals surface area contributed by atoms with E-state index in [9.17, 15) is 0 Å². The van der Waals surface area contributed by atoms with E-state index in [-0.39, 0.29) is 0 Å². The summed E-state index contributed by atoms with van der Waals surface area (Å²) in [6.45, 7) is 2.77. The Hall–Kier alpha value is -2.43. The zero-order chi connectivity index (χ0) is 13.5. The van der Waals surface area contributed by atoms with Gasteiger partial charge in [-0.25, -0.2) is 4.98 Å². The van der Waals surface area contributed by atoms with E-state index in [1.807, 2.05) is 6.92 Å². The number of aryl methyl sites for hydroxylation is 1. The number of anilines is 1. The average Bonchev–Trinajstić information content (AvgIpc) is 2.82. The topological polar surface area (TPSA) is 63.8 Å². The normalized spacial score (nSPS) is 16.8. The van der Waals surface area contributed by atoms with Crippen LogP contribution in [0, 0.1) is 6.92 Å². The van der Waals surface area contributed by atoms with Crippen molar-refractivity contribution in [2.75, 3.05) is 11.9 Å². The number of aromatic nitrogens is 3. The minimum Gasteiger partial charge on any atom is -0.369 e. The number of hydrogen-bond donors (Lipinski definition) is 1. The second kappa shape index (κ2) is 4.30. The fourth-order valence-electron chi connectivity index (χ4n) is 2.82. The number of hydrogen-bond acceptors (Lipinski definition) is 5. The molecule has 2 heterocycles. The van der Waals surface area contributed by atoms with Gasteiger partial charge in [0.25, 0.3) is 5.71 Å². The molecule has 0 unspecified atom stereocenters. The van der Waals surface area contributed by atoms with Crippen LogP contribution in [0.2, 0.25) is 0 Å². The van der Waals surface area contributed by atoms with Gasteiger partial charge in [-0.3, -0.25) is 0 Å². The monoisotopic (exact) mass is 266 g/mol. The summed E-state index contributed by atoms with van der Waals surface area (Å²) in [5.74, 6) is 1.36. The van der Waals surface area contributed by atoms with Crippen molar-refractivity contribution in [2.24, 2.45) is 0 Å². The molecule has 0 radical (unpaired) electrons. The predicted molar refractivity (Wildman–Crippen MR) is 75.7 cm³/mol. The molecular weight excluding hydrogens is 252 g/mol. The van der Waals surface area contributed by atoms with Crippen molar-refractivity contribution in [3.8, 4) is 0 Å². The first-order valence-electron chi connectivity index (χ1n) is 6.71. The highest BCUT2D eigenvalue weighted by Gasteiger charge is 2.25. The van der Waals surface area contributed by atoms with E-state index in [0.717, 1.165) is 29.9 Å². The molecule has 2 aromatic heterocycles. The van der Waals surface area contributed by atoms with Crippen LogP contribution in [0.25, 0.3) is 11.1 Å². The maximum atomic E-state index is 5.15. The molecule has 0 saturated heterocycles. The molecular formula is C15H14N4O. The number of nitrogens with zero attached hydrogens (tertiary/aromatic N) is 3. The Morgan fingerprint density at radius 2 is 2.20 bits per heavy atom. The molecule has 1 atom stereocenters. The average molecular weight is 266 g/mol. The second-order valence-corrected chi connectivity index (χ2v) is 5.15. The van der Waals surface area contributed by atoms with Crippen LogP contribution in [-0.2, 0) is 6.42 Å². The molecule has 20 heavy (non-hydrogen) atoms. The van der Waals surface area contributed by atoms with Crippen LogP contribution in [0.3, 0.4) is 0 Å². The van der Waals surface area contributed by atoms with Crippen LogP contribution >= 0.6 is 0 Å². The lowest BCUT2D eigenvalue weighted by molar-refractivity contribution is 0.442. The predicted octanol–water partition coefficient (Wildman–Crippen LogP) is 2.68. The molecule has 0 aliphatic heterocycles. The van der Waals surface area contributed by atoms with Crippen LogP contribution < -0.4 is 5.32 Å². The van der Waals surface area contributed by atoms with Gasteiger partial charge in [0, 0.05) is 12.5 Å². The summed E-state index contributed by atoms with van der Waals surface area (Å²) >= 11 is 0. The van der Waals surface area contributed by atoms with Crippen LogP contribution in [0.4, 0.5) is 5.82 Å². The Labute approximate surface area is 116 Å². The largest absolute Gasteiger partial charge is 0.369 e. The summed E-state index contributed by atoms with van der Waals surface area (Å²) in [6, 6.07) is 8.58. The summed E-state index contributed by atoms with van der Waals surface area (Å²) in [6.07, 6.45) is 2.63. The Morgan fingerprint density at radius 3 is 3.10 bits per heavy atom. The van der Waals surface area contributed by atoms with Gasteiger partial charge in [0.1, 0.15) is 17.5 Å². The molecule has 1 aliphatic rings. The van der Waals surface area contributed by atoms with Gasteiger partial charge >= 0.3 is 0 Å². The molecule has 1 aliphatic carbocycles. The quantitative estimate of drug-likeness (QED) is 0.789. The maximum absolute atomic E-state index is 5.15. The lowest BCUT2D eigenvalue weighted by Crippen LogP contribution is -2.24. The van der Waals surface area contributed by atoms with E-state index < -0.39 is 0 Å². The third kappa shape index (κ3) is 1.66. The molecule has 100 valence electrons. The van der Waals surface area contributed by atoms with E-state index in [2.05, 4.69) is 44.7 Å². The van der Waals surface area contributed by atoms with Crippen LogP contribution in [0.5, 0.6) is 0 Å². The second-order valence-electron chi connectivity index (χ2n) is 5.15. The van der Waals surface area contributed by atoms with Crippen molar-refractivity contribution >= 4 is 16.9 Å². The van der Waals surface area contributed by atoms with Crippen LogP contribution in [0.15, 0.2) is 35.1 Å². The Bertz CT molecular complexity index is 780. The molecule has 0 amide bonds. The van der Waals surface area contributed by atoms with Gasteiger partial charge < -0.3 is 9.84 Å². The van der Waals surface area contributed by atoms with Crippen molar-refractivity contribution in [1.82, 2.24) is 15.1 Å². The van der Waals surface area contributed by atoms with E-state index in [1.54, 1.807) is 0 Å². The minimum atomic E-state index is 0.536. The molecule has 0 spiro atoms. The highest BCUT2D eigenvalue weighted by atomic mass is 16.5. The first-order chi connectivity index (χ1) is 9.83. The molecule has 1 N–H and O–H groups in total. The van der Waals surface area contributed by atoms with E-state index >= 15 is 0 Å². The van der Waals surface area contributed by atoms with E-state index in [4.69, 9.17) is 4.52 Å². The van der Waals surface area contributed by atoms with Crippen molar-refractivity contribution in [3.63, 3.8) is 0 Å². The lowest BCUT2D eigenvalue weighted by Gasteiger charge is -2.30. The van der Waals surface area contributed by atoms with Gasteiger partial charge in [0.2, 0.25) is 0 Å². The molecule has 0 fully saturated rings. The smallest absolute Gasteiger partial charge is 0.263 e. The zero-order valence-electron chi connectivity index (χ0n) is 11.1. The first-order valence-corrected chi connectivity index (χ1v) is 6.71. The fourth-order valence-corrected chi connectivity index (χ4v) is 2.82. The fraction of sp³-hybridized carbons (Fsp3) is 0.267. The zero-order valence-corrected chi connectivity index (χ0v) is 11.1. The number of benzene rings is 1. The first kappa shape index (κ1) is 11.4. The van der Waals surface area contributed by atoms with Gasteiger partial charge in [-0.05, 0) is 24.5 Å².